The van der Waals surface area contributed by atoms with Crippen LogP contribution in [0, 0.1) is 0 Å². The van der Waals surface area contributed by atoms with Gasteiger partial charge in [-0.05, 0) is 48.4 Å². The zero-order valence-corrected chi connectivity index (χ0v) is 20.5. The van der Waals surface area contributed by atoms with Gasteiger partial charge in [-0.25, -0.2) is 9.79 Å². The van der Waals surface area contributed by atoms with Gasteiger partial charge in [0.25, 0.3) is 5.56 Å². The molecule has 0 amide bonds. The van der Waals surface area contributed by atoms with Crippen molar-refractivity contribution in [2.45, 2.75) is 19.9 Å². The summed E-state index contributed by atoms with van der Waals surface area (Å²) < 4.78 is 13.2. The molecule has 0 aliphatic carbocycles. The van der Waals surface area contributed by atoms with Crippen LogP contribution in [-0.2, 0) is 9.53 Å². The van der Waals surface area contributed by atoms with Gasteiger partial charge in [0, 0.05) is 10.3 Å². The number of thiazole rings is 1. The third-order valence-electron chi connectivity index (χ3n) is 5.77. The molecule has 2 aromatic carbocycles. The molecule has 0 bridgehead atoms. The number of fused-ring (bicyclic) bond motifs is 2. The summed E-state index contributed by atoms with van der Waals surface area (Å²) in [5.41, 5.74) is 1.55. The molecule has 0 N–H and O–H groups in total. The molecule has 1 aliphatic rings. The molecule has 1 aliphatic heterocycles. The normalized spacial score (nSPS) is 15.9. The number of hydrogen-bond acceptors (Lipinski definition) is 7. The van der Waals surface area contributed by atoms with Crippen molar-refractivity contribution in [1.82, 2.24) is 4.57 Å². The lowest BCUT2D eigenvalue weighted by Crippen LogP contribution is -2.40. The molecule has 172 valence electrons. The van der Waals surface area contributed by atoms with E-state index < -0.39 is 12.0 Å². The van der Waals surface area contributed by atoms with Crippen LogP contribution < -0.4 is 19.6 Å². The fraction of sp³-hybridized carbons (Fsp3) is 0.192. The average Bonchev–Trinajstić information content (AvgIpc) is 3.45. The van der Waals surface area contributed by atoms with E-state index in [1.807, 2.05) is 60.0 Å². The second-order valence-corrected chi connectivity index (χ2v) is 9.71. The lowest BCUT2D eigenvalue weighted by atomic mass is 9.91. The first-order valence-corrected chi connectivity index (χ1v) is 12.5. The molecule has 2 aromatic heterocycles. The summed E-state index contributed by atoms with van der Waals surface area (Å²) in [7, 11) is 1.63. The SMILES string of the molecule is CCOC(=O)C1=C(C)N=c2sc(=Cc3cccs3)c(=O)n2[C@@H]1c1ccc(OC)c2ccccc12. The van der Waals surface area contributed by atoms with Gasteiger partial charge in [-0.3, -0.25) is 9.36 Å². The van der Waals surface area contributed by atoms with Gasteiger partial charge in [-0.2, -0.15) is 0 Å². The Labute approximate surface area is 203 Å². The zero-order chi connectivity index (χ0) is 23.8. The third-order valence-corrected chi connectivity index (χ3v) is 7.57. The van der Waals surface area contributed by atoms with E-state index in [4.69, 9.17) is 9.47 Å². The predicted octanol–water partition coefficient (Wildman–Crippen LogP) is 4.02. The van der Waals surface area contributed by atoms with Crippen LogP contribution in [0.5, 0.6) is 5.75 Å². The van der Waals surface area contributed by atoms with E-state index in [0.717, 1.165) is 27.0 Å². The molecule has 5 rings (SSSR count). The number of ether oxygens (including phenoxy) is 2. The maximum Gasteiger partial charge on any atom is 0.338 e. The van der Waals surface area contributed by atoms with Crippen LogP contribution in [0.25, 0.3) is 16.8 Å². The van der Waals surface area contributed by atoms with E-state index in [0.29, 0.717) is 20.6 Å². The van der Waals surface area contributed by atoms with Crippen molar-refractivity contribution in [1.29, 1.82) is 0 Å². The van der Waals surface area contributed by atoms with E-state index in [9.17, 15) is 9.59 Å². The molecule has 8 heteroatoms. The highest BCUT2D eigenvalue weighted by atomic mass is 32.1. The van der Waals surface area contributed by atoms with Crippen LogP contribution in [0.4, 0.5) is 0 Å². The fourth-order valence-electron chi connectivity index (χ4n) is 4.30. The van der Waals surface area contributed by atoms with Crippen LogP contribution in [0.2, 0.25) is 0 Å². The van der Waals surface area contributed by atoms with Gasteiger partial charge in [-0.1, -0.05) is 47.7 Å². The van der Waals surface area contributed by atoms with E-state index in [2.05, 4.69) is 4.99 Å². The molecule has 1 atom stereocenters. The number of benzene rings is 2. The van der Waals surface area contributed by atoms with Crippen LogP contribution >= 0.6 is 22.7 Å². The molecule has 6 nitrogen and oxygen atoms in total. The lowest BCUT2D eigenvalue weighted by Gasteiger charge is -2.26. The van der Waals surface area contributed by atoms with Crippen molar-refractivity contribution in [2.24, 2.45) is 4.99 Å². The number of methoxy groups -OCH3 is 1. The van der Waals surface area contributed by atoms with Gasteiger partial charge in [0.2, 0.25) is 0 Å². The van der Waals surface area contributed by atoms with Crippen molar-refractivity contribution in [3.05, 3.63) is 95.3 Å². The monoisotopic (exact) mass is 490 g/mol. The smallest absolute Gasteiger partial charge is 0.338 e. The Bertz CT molecular complexity index is 1610. The molecule has 0 saturated carbocycles. The first-order valence-electron chi connectivity index (χ1n) is 10.8. The van der Waals surface area contributed by atoms with Crippen LogP contribution in [0.1, 0.15) is 30.3 Å². The first kappa shape index (κ1) is 22.3. The molecule has 3 heterocycles. The minimum Gasteiger partial charge on any atom is -0.496 e. The van der Waals surface area contributed by atoms with Crippen molar-refractivity contribution < 1.29 is 14.3 Å². The summed E-state index contributed by atoms with van der Waals surface area (Å²) in [6, 6.07) is 14.9. The highest BCUT2D eigenvalue weighted by Crippen LogP contribution is 2.37. The maximum absolute atomic E-state index is 13.7. The fourth-order valence-corrected chi connectivity index (χ4v) is 6.07. The molecule has 4 aromatic rings. The molecular formula is C26H22N2O4S2. The van der Waals surface area contributed by atoms with Crippen LogP contribution in [0.3, 0.4) is 0 Å². The number of rotatable bonds is 5. The average molecular weight is 491 g/mol. The summed E-state index contributed by atoms with van der Waals surface area (Å²) in [5, 5.41) is 3.77. The lowest BCUT2D eigenvalue weighted by molar-refractivity contribution is -0.139. The van der Waals surface area contributed by atoms with Crippen molar-refractivity contribution in [3.63, 3.8) is 0 Å². The Balaban J connectivity index is 1.83. The maximum atomic E-state index is 13.7. The minimum atomic E-state index is -0.670. The standard InChI is InChI=1S/C26H22N2O4S2/c1-4-32-25(30)22-15(2)27-26-28(24(29)21(34-26)14-16-8-7-13-33-16)23(22)19-11-12-20(31-3)18-10-6-5-9-17(18)19/h5-14,23H,4H2,1-3H3/t23-/m1/s1. The first-order chi connectivity index (χ1) is 16.5. The number of allylic oxidation sites excluding steroid dienone is 1. The summed E-state index contributed by atoms with van der Waals surface area (Å²) in [4.78, 5) is 33.0. The Morgan fingerprint density at radius 1 is 1.15 bits per heavy atom. The Kier molecular flexibility index (Phi) is 5.93. The van der Waals surface area contributed by atoms with E-state index in [-0.39, 0.29) is 12.2 Å². The summed E-state index contributed by atoms with van der Waals surface area (Å²) in [6.45, 7) is 3.79. The van der Waals surface area contributed by atoms with E-state index in [1.54, 1.807) is 36.9 Å². The van der Waals surface area contributed by atoms with Gasteiger partial charge >= 0.3 is 5.97 Å². The second kappa shape index (κ2) is 9.04. The third kappa shape index (κ3) is 3.69. The van der Waals surface area contributed by atoms with E-state index >= 15 is 0 Å². The molecule has 0 fully saturated rings. The van der Waals surface area contributed by atoms with Gasteiger partial charge in [-0.15, -0.1) is 11.3 Å². The number of hydrogen-bond donors (Lipinski definition) is 0. The number of thiophene rings is 1. The highest BCUT2D eigenvalue weighted by molar-refractivity contribution is 7.11. The van der Waals surface area contributed by atoms with Crippen molar-refractivity contribution in [2.75, 3.05) is 13.7 Å². The molecule has 0 saturated heterocycles. The zero-order valence-electron chi connectivity index (χ0n) is 18.9. The van der Waals surface area contributed by atoms with Gasteiger partial charge < -0.3 is 9.47 Å². The molecule has 0 unspecified atom stereocenters. The topological polar surface area (TPSA) is 69.9 Å². The number of carbonyl (C=O) groups excluding carboxylic acids is 1. The number of nitrogens with zero attached hydrogens (tertiary/aromatic N) is 2. The highest BCUT2D eigenvalue weighted by Gasteiger charge is 2.34. The van der Waals surface area contributed by atoms with Gasteiger partial charge in [0.05, 0.1) is 35.6 Å². The van der Waals surface area contributed by atoms with Gasteiger partial charge in [0.15, 0.2) is 4.80 Å². The molecular weight excluding hydrogens is 468 g/mol. The Morgan fingerprint density at radius 3 is 2.65 bits per heavy atom. The predicted molar refractivity (Wildman–Crippen MR) is 135 cm³/mol. The largest absolute Gasteiger partial charge is 0.496 e. The summed E-state index contributed by atoms with van der Waals surface area (Å²) in [5.74, 6) is 0.254. The summed E-state index contributed by atoms with van der Waals surface area (Å²) in [6.07, 6.45) is 1.88. The van der Waals surface area contributed by atoms with E-state index in [1.165, 1.54) is 11.3 Å². The van der Waals surface area contributed by atoms with Crippen LogP contribution in [-0.4, -0.2) is 24.3 Å². The van der Waals surface area contributed by atoms with Gasteiger partial charge in [0.1, 0.15) is 5.75 Å². The number of carbonyl (C=O) groups is 1. The number of aromatic nitrogens is 1. The Morgan fingerprint density at radius 2 is 1.94 bits per heavy atom. The molecule has 0 radical (unpaired) electrons. The van der Waals surface area contributed by atoms with Crippen molar-refractivity contribution >= 4 is 45.5 Å². The van der Waals surface area contributed by atoms with Crippen LogP contribution in [0.15, 0.2) is 75.0 Å². The second-order valence-electron chi connectivity index (χ2n) is 7.72. The quantitative estimate of drug-likeness (QED) is 0.396. The Hall–Kier alpha value is -3.49. The summed E-state index contributed by atoms with van der Waals surface area (Å²) >= 11 is 2.89. The van der Waals surface area contributed by atoms with Crippen molar-refractivity contribution in [3.8, 4) is 5.75 Å². The minimum absolute atomic E-state index is 0.184. The number of esters is 1. The molecule has 0 spiro atoms. The molecule has 34 heavy (non-hydrogen) atoms.